The molecule has 0 radical (unpaired) electrons. The molecule has 0 aromatic rings. The van der Waals surface area contributed by atoms with Gasteiger partial charge in [0.25, 0.3) is 0 Å². The van der Waals surface area contributed by atoms with Gasteiger partial charge < -0.3 is 4.90 Å². The van der Waals surface area contributed by atoms with Crippen molar-refractivity contribution in [3.8, 4) is 0 Å². The number of likely N-dealkylation sites (tertiary alicyclic amines) is 1. The SMILES string of the molecule is C[C@@H]1CCN(C)CC1(C)C. The summed E-state index contributed by atoms with van der Waals surface area (Å²) in [5.41, 5.74) is 0.535. The first-order chi connectivity index (χ1) is 4.52. The zero-order valence-corrected chi connectivity index (χ0v) is 7.65. The fraction of sp³-hybridized carbons (Fsp3) is 1.00. The van der Waals surface area contributed by atoms with Gasteiger partial charge in [0.2, 0.25) is 0 Å². The van der Waals surface area contributed by atoms with E-state index in [1.54, 1.807) is 0 Å². The quantitative estimate of drug-likeness (QED) is 0.498. The zero-order chi connectivity index (χ0) is 7.78. The Bertz CT molecular complexity index is 118. The number of piperidine rings is 1. The molecule has 1 heteroatoms. The highest BCUT2D eigenvalue weighted by Gasteiger charge is 2.30. The molecule has 1 fully saturated rings. The van der Waals surface area contributed by atoms with Crippen LogP contribution in [0.5, 0.6) is 0 Å². The maximum Gasteiger partial charge on any atom is 0.00322 e. The molecule has 0 aliphatic carbocycles. The van der Waals surface area contributed by atoms with E-state index < -0.39 is 0 Å². The molecule has 0 N–H and O–H groups in total. The molecule has 0 bridgehead atoms. The highest BCUT2D eigenvalue weighted by molar-refractivity contribution is 4.83. The molecule has 1 aliphatic rings. The predicted molar refractivity (Wildman–Crippen MR) is 45.1 cm³/mol. The molecule has 1 heterocycles. The van der Waals surface area contributed by atoms with Crippen molar-refractivity contribution >= 4 is 0 Å². The van der Waals surface area contributed by atoms with Crippen LogP contribution in [0.25, 0.3) is 0 Å². The summed E-state index contributed by atoms with van der Waals surface area (Å²) in [4.78, 5) is 2.43. The molecule has 0 saturated carbocycles. The zero-order valence-electron chi connectivity index (χ0n) is 7.65. The van der Waals surface area contributed by atoms with Crippen molar-refractivity contribution in [2.75, 3.05) is 20.1 Å². The fourth-order valence-corrected chi connectivity index (χ4v) is 1.74. The molecular weight excluding hydrogens is 122 g/mol. The highest BCUT2D eigenvalue weighted by atomic mass is 15.1. The molecule has 1 nitrogen and oxygen atoms in total. The van der Waals surface area contributed by atoms with Crippen LogP contribution in [0.3, 0.4) is 0 Å². The van der Waals surface area contributed by atoms with E-state index >= 15 is 0 Å². The second-order valence-electron chi connectivity index (χ2n) is 4.42. The van der Waals surface area contributed by atoms with Gasteiger partial charge in [-0.2, -0.15) is 0 Å². The van der Waals surface area contributed by atoms with Gasteiger partial charge in [-0.05, 0) is 31.3 Å². The van der Waals surface area contributed by atoms with Crippen molar-refractivity contribution in [3.63, 3.8) is 0 Å². The number of rotatable bonds is 0. The first-order valence-corrected chi connectivity index (χ1v) is 4.21. The van der Waals surface area contributed by atoms with E-state index in [1.165, 1.54) is 19.5 Å². The Kier molecular flexibility index (Phi) is 2.04. The van der Waals surface area contributed by atoms with Crippen LogP contribution in [0.1, 0.15) is 27.2 Å². The lowest BCUT2D eigenvalue weighted by atomic mass is 9.75. The van der Waals surface area contributed by atoms with Crippen LogP contribution in [0, 0.1) is 11.3 Å². The van der Waals surface area contributed by atoms with Gasteiger partial charge in [-0.15, -0.1) is 0 Å². The molecule has 10 heavy (non-hydrogen) atoms. The Labute approximate surface area is 64.4 Å². The van der Waals surface area contributed by atoms with E-state index in [0.717, 1.165) is 5.92 Å². The first kappa shape index (κ1) is 8.06. The average Bonchev–Trinajstić information content (AvgIpc) is 1.78. The van der Waals surface area contributed by atoms with E-state index in [2.05, 4.69) is 32.7 Å². The lowest BCUT2D eigenvalue weighted by molar-refractivity contribution is 0.0830. The number of nitrogens with zero attached hydrogens (tertiary/aromatic N) is 1. The third kappa shape index (κ3) is 1.51. The maximum absolute atomic E-state index is 2.43. The Morgan fingerprint density at radius 3 is 2.40 bits per heavy atom. The van der Waals surface area contributed by atoms with Gasteiger partial charge in [0.15, 0.2) is 0 Å². The van der Waals surface area contributed by atoms with Crippen LogP contribution in [0.2, 0.25) is 0 Å². The summed E-state index contributed by atoms with van der Waals surface area (Å²) in [6, 6.07) is 0. The summed E-state index contributed by atoms with van der Waals surface area (Å²) in [6.07, 6.45) is 1.36. The van der Waals surface area contributed by atoms with Gasteiger partial charge in [0.05, 0.1) is 0 Å². The van der Waals surface area contributed by atoms with Crippen molar-refractivity contribution in [1.82, 2.24) is 4.90 Å². The monoisotopic (exact) mass is 141 g/mol. The Morgan fingerprint density at radius 1 is 1.40 bits per heavy atom. The molecule has 1 aliphatic heterocycles. The maximum atomic E-state index is 2.43. The molecule has 0 aromatic carbocycles. The Morgan fingerprint density at radius 2 is 2.00 bits per heavy atom. The van der Waals surface area contributed by atoms with Crippen molar-refractivity contribution in [2.45, 2.75) is 27.2 Å². The third-order valence-electron chi connectivity index (χ3n) is 2.96. The normalized spacial score (nSPS) is 34.2. The summed E-state index contributed by atoms with van der Waals surface area (Å²) in [7, 11) is 2.22. The number of hydrogen-bond acceptors (Lipinski definition) is 1. The average molecular weight is 141 g/mol. The van der Waals surface area contributed by atoms with Crippen molar-refractivity contribution in [3.05, 3.63) is 0 Å². The summed E-state index contributed by atoms with van der Waals surface area (Å²) in [6.45, 7) is 9.65. The van der Waals surface area contributed by atoms with E-state index in [4.69, 9.17) is 0 Å². The lowest BCUT2D eigenvalue weighted by Gasteiger charge is -2.41. The minimum Gasteiger partial charge on any atom is -0.306 e. The summed E-state index contributed by atoms with van der Waals surface area (Å²) >= 11 is 0. The minimum atomic E-state index is 0.535. The van der Waals surface area contributed by atoms with Crippen LogP contribution in [0.15, 0.2) is 0 Å². The largest absolute Gasteiger partial charge is 0.306 e. The summed E-state index contributed by atoms with van der Waals surface area (Å²) in [5.74, 6) is 0.892. The van der Waals surface area contributed by atoms with E-state index in [0.29, 0.717) is 5.41 Å². The van der Waals surface area contributed by atoms with E-state index in [-0.39, 0.29) is 0 Å². The van der Waals surface area contributed by atoms with Gasteiger partial charge in [-0.25, -0.2) is 0 Å². The lowest BCUT2D eigenvalue weighted by Crippen LogP contribution is -2.42. The fourth-order valence-electron chi connectivity index (χ4n) is 1.74. The molecule has 0 spiro atoms. The van der Waals surface area contributed by atoms with Crippen LogP contribution in [0.4, 0.5) is 0 Å². The molecule has 0 aromatic heterocycles. The Balaban J connectivity index is 2.55. The van der Waals surface area contributed by atoms with Crippen LogP contribution in [-0.4, -0.2) is 25.0 Å². The third-order valence-corrected chi connectivity index (χ3v) is 2.96. The van der Waals surface area contributed by atoms with Gasteiger partial charge >= 0.3 is 0 Å². The van der Waals surface area contributed by atoms with Gasteiger partial charge in [-0.1, -0.05) is 20.8 Å². The molecule has 1 atom stereocenters. The van der Waals surface area contributed by atoms with Crippen LogP contribution in [-0.2, 0) is 0 Å². The summed E-state index contributed by atoms with van der Waals surface area (Å²) < 4.78 is 0. The molecule has 1 rings (SSSR count). The van der Waals surface area contributed by atoms with Crippen molar-refractivity contribution < 1.29 is 0 Å². The standard InChI is InChI=1S/C9H19N/c1-8-5-6-10(4)7-9(8,2)3/h8H,5-7H2,1-4H3/t8-/m1/s1. The smallest absolute Gasteiger partial charge is 0.00322 e. The topological polar surface area (TPSA) is 3.24 Å². The molecular formula is C9H19N. The minimum absolute atomic E-state index is 0.535. The van der Waals surface area contributed by atoms with Crippen LogP contribution < -0.4 is 0 Å². The summed E-state index contributed by atoms with van der Waals surface area (Å²) in [5, 5.41) is 0. The number of hydrogen-bond donors (Lipinski definition) is 0. The Hall–Kier alpha value is -0.0400. The highest BCUT2D eigenvalue weighted by Crippen LogP contribution is 2.33. The second kappa shape index (κ2) is 2.54. The first-order valence-electron chi connectivity index (χ1n) is 4.21. The van der Waals surface area contributed by atoms with Crippen molar-refractivity contribution in [2.24, 2.45) is 11.3 Å². The predicted octanol–water partition coefficient (Wildman–Crippen LogP) is 1.98. The van der Waals surface area contributed by atoms with Gasteiger partial charge in [0.1, 0.15) is 0 Å². The van der Waals surface area contributed by atoms with Gasteiger partial charge in [-0.3, -0.25) is 0 Å². The molecule has 1 saturated heterocycles. The van der Waals surface area contributed by atoms with Crippen molar-refractivity contribution in [1.29, 1.82) is 0 Å². The molecule has 60 valence electrons. The van der Waals surface area contributed by atoms with Gasteiger partial charge in [0, 0.05) is 6.54 Å². The van der Waals surface area contributed by atoms with E-state index in [9.17, 15) is 0 Å². The second-order valence-corrected chi connectivity index (χ2v) is 4.42. The van der Waals surface area contributed by atoms with E-state index in [1.807, 2.05) is 0 Å². The molecule has 0 amide bonds. The molecule has 0 unspecified atom stereocenters. The van der Waals surface area contributed by atoms with Crippen LogP contribution >= 0.6 is 0 Å².